The molecule has 1 amide bonds. The van der Waals surface area contributed by atoms with Crippen molar-refractivity contribution >= 4 is 21.6 Å². The second kappa shape index (κ2) is 6.60. The van der Waals surface area contributed by atoms with Gasteiger partial charge in [-0.2, -0.15) is 0 Å². The van der Waals surface area contributed by atoms with Gasteiger partial charge in [0, 0.05) is 14.1 Å². The summed E-state index contributed by atoms with van der Waals surface area (Å²) in [5.41, 5.74) is 0.436. The van der Waals surface area contributed by atoms with Crippen LogP contribution in [0.5, 0.6) is 5.75 Å². The van der Waals surface area contributed by atoms with Gasteiger partial charge < -0.3 is 9.64 Å². The van der Waals surface area contributed by atoms with E-state index < -0.39 is 10.0 Å². The number of benzene rings is 1. The molecular weight excluding hydrogens is 280 g/mol. The molecule has 0 aliphatic rings. The van der Waals surface area contributed by atoms with Crippen molar-refractivity contribution in [3.8, 4) is 5.75 Å². The number of anilines is 1. The number of ether oxygens (including phenoxy) is 1. The average Bonchev–Trinajstić information content (AvgIpc) is 2.35. The molecule has 0 spiro atoms. The molecule has 0 atom stereocenters. The van der Waals surface area contributed by atoms with Gasteiger partial charge in [-0.15, -0.1) is 0 Å². The van der Waals surface area contributed by atoms with Gasteiger partial charge in [0.15, 0.2) is 0 Å². The highest BCUT2D eigenvalue weighted by Gasteiger charge is 2.21. The molecule has 0 fully saturated rings. The minimum absolute atomic E-state index is 0.222. The van der Waals surface area contributed by atoms with E-state index in [1.165, 1.54) is 4.90 Å². The van der Waals surface area contributed by atoms with Crippen molar-refractivity contribution in [3.05, 3.63) is 24.3 Å². The van der Waals surface area contributed by atoms with Gasteiger partial charge in [0.2, 0.25) is 15.9 Å². The second-order valence-corrected chi connectivity index (χ2v) is 6.39. The lowest BCUT2D eigenvalue weighted by molar-refractivity contribution is -0.127. The van der Waals surface area contributed by atoms with Crippen LogP contribution in [0.25, 0.3) is 0 Å². The summed E-state index contributed by atoms with van der Waals surface area (Å²) in [6.45, 7) is 2.18. The fourth-order valence-corrected chi connectivity index (χ4v) is 2.39. The molecule has 0 bridgehead atoms. The molecule has 0 saturated carbocycles. The van der Waals surface area contributed by atoms with Gasteiger partial charge in [-0.1, -0.05) is 0 Å². The number of hydrogen-bond donors (Lipinski definition) is 0. The van der Waals surface area contributed by atoms with Crippen molar-refractivity contribution in [2.24, 2.45) is 0 Å². The Hall–Kier alpha value is -1.76. The lowest BCUT2D eigenvalue weighted by atomic mass is 10.3. The quantitative estimate of drug-likeness (QED) is 0.784. The van der Waals surface area contributed by atoms with E-state index in [-0.39, 0.29) is 12.5 Å². The maximum atomic E-state index is 11.8. The Bertz CT molecular complexity index is 552. The summed E-state index contributed by atoms with van der Waals surface area (Å²) in [6.07, 6.45) is 1.08. The number of carbonyl (C=O) groups excluding carboxylic acids is 1. The summed E-state index contributed by atoms with van der Waals surface area (Å²) >= 11 is 0. The van der Waals surface area contributed by atoms with Crippen LogP contribution in [0, 0.1) is 0 Å². The molecule has 0 saturated heterocycles. The molecule has 1 aromatic rings. The fourth-order valence-electron chi connectivity index (χ4n) is 1.54. The lowest BCUT2D eigenvalue weighted by Gasteiger charge is -2.23. The normalized spacial score (nSPS) is 11.0. The number of likely N-dealkylation sites (N-methyl/N-ethyl adjacent to an activating group) is 1. The van der Waals surface area contributed by atoms with Crippen LogP contribution in [-0.4, -0.2) is 52.7 Å². The molecular formula is C13H20N2O4S. The first-order valence-corrected chi connectivity index (χ1v) is 8.01. The van der Waals surface area contributed by atoms with Crippen molar-refractivity contribution in [3.63, 3.8) is 0 Å². The molecule has 0 radical (unpaired) electrons. The van der Waals surface area contributed by atoms with Crippen LogP contribution in [0.15, 0.2) is 24.3 Å². The van der Waals surface area contributed by atoms with Crippen LogP contribution in [0.1, 0.15) is 6.92 Å². The van der Waals surface area contributed by atoms with Gasteiger partial charge in [0.05, 0.1) is 18.6 Å². The summed E-state index contributed by atoms with van der Waals surface area (Å²) in [7, 11) is -0.358. The number of carbonyl (C=O) groups is 1. The third-order valence-corrected chi connectivity index (χ3v) is 3.75. The fraction of sp³-hybridized carbons (Fsp3) is 0.462. The summed E-state index contributed by atoms with van der Waals surface area (Å²) in [5, 5.41) is 0. The van der Waals surface area contributed by atoms with Gasteiger partial charge in [-0.05, 0) is 31.2 Å². The minimum Gasteiger partial charge on any atom is -0.494 e. The Morgan fingerprint density at radius 2 is 1.75 bits per heavy atom. The average molecular weight is 300 g/mol. The van der Waals surface area contributed by atoms with Crippen LogP contribution in [0.2, 0.25) is 0 Å². The molecule has 20 heavy (non-hydrogen) atoms. The summed E-state index contributed by atoms with van der Waals surface area (Å²) in [5.74, 6) is 0.368. The number of amides is 1. The molecule has 1 aromatic carbocycles. The predicted octanol–water partition coefficient (Wildman–Crippen LogP) is 0.940. The van der Waals surface area contributed by atoms with Crippen molar-refractivity contribution in [2.45, 2.75) is 6.92 Å². The first-order valence-electron chi connectivity index (χ1n) is 6.16. The van der Waals surface area contributed by atoms with E-state index in [4.69, 9.17) is 4.74 Å². The zero-order valence-electron chi connectivity index (χ0n) is 12.2. The standard InChI is InChI=1S/C13H20N2O4S/c1-5-19-12-8-6-11(7-9-12)15(20(4,17)18)10-13(16)14(2)3/h6-9H,5,10H2,1-4H3. The molecule has 0 aromatic heterocycles. The first-order chi connectivity index (χ1) is 9.25. The number of hydrogen-bond acceptors (Lipinski definition) is 4. The summed E-state index contributed by atoms with van der Waals surface area (Å²) in [4.78, 5) is 13.1. The van der Waals surface area contributed by atoms with Gasteiger partial charge in [0.25, 0.3) is 0 Å². The minimum atomic E-state index is -3.53. The first kappa shape index (κ1) is 16.3. The van der Waals surface area contributed by atoms with E-state index in [0.29, 0.717) is 18.0 Å². The van der Waals surface area contributed by atoms with Crippen LogP contribution in [-0.2, 0) is 14.8 Å². The topological polar surface area (TPSA) is 66.9 Å². The molecule has 112 valence electrons. The molecule has 0 aliphatic carbocycles. The Morgan fingerprint density at radius 1 is 1.20 bits per heavy atom. The molecule has 1 rings (SSSR count). The van der Waals surface area contributed by atoms with E-state index >= 15 is 0 Å². The molecule has 7 heteroatoms. The zero-order valence-corrected chi connectivity index (χ0v) is 13.0. The lowest BCUT2D eigenvalue weighted by Crippen LogP contribution is -2.39. The van der Waals surface area contributed by atoms with E-state index in [1.54, 1.807) is 38.4 Å². The molecule has 0 unspecified atom stereocenters. The van der Waals surface area contributed by atoms with Crippen molar-refractivity contribution in [2.75, 3.05) is 37.8 Å². The highest BCUT2D eigenvalue weighted by molar-refractivity contribution is 7.92. The van der Waals surface area contributed by atoms with Crippen LogP contribution < -0.4 is 9.04 Å². The zero-order chi connectivity index (χ0) is 15.3. The number of rotatable bonds is 6. The van der Waals surface area contributed by atoms with Crippen molar-refractivity contribution in [1.29, 1.82) is 0 Å². The Kier molecular flexibility index (Phi) is 5.38. The van der Waals surface area contributed by atoms with Gasteiger partial charge in [0.1, 0.15) is 12.3 Å². The highest BCUT2D eigenvalue weighted by Crippen LogP contribution is 2.21. The smallest absolute Gasteiger partial charge is 0.242 e. The third-order valence-electron chi connectivity index (χ3n) is 2.61. The monoisotopic (exact) mass is 300 g/mol. The Morgan fingerprint density at radius 3 is 2.15 bits per heavy atom. The van der Waals surface area contributed by atoms with Gasteiger partial charge in [-0.3, -0.25) is 9.10 Å². The molecule has 0 aliphatic heterocycles. The van der Waals surface area contributed by atoms with E-state index in [1.807, 2.05) is 6.92 Å². The van der Waals surface area contributed by atoms with Crippen LogP contribution in [0.3, 0.4) is 0 Å². The maximum Gasteiger partial charge on any atom is 0.242 e. The summed E-state index contributed by atoms with van der Waals surface area (Å²) < 4.78 is 30.0. The van der Waals surface area contributed by atoms with Crippen molar-refractivity contribution in [1.82, 2.24) is 4.90 Å². The largest absolute Gasteiger partial charge is 0.494 e. The molecule has 6 nitrogen and oxygen atoms in total. The van der Waals surface area contributed by atoms with Gasteiger partial charge in [-0.25, -0.2) is 8.42 Å². The number of nitrogens with zero attached hydrogens (tertiary/aromatic N) is 2. The van der Waals surface area contributed by atoms with E-state index in [9.17, 15) is 13.2 Å². The van der Waals surface area contributed by atoms with E-state index in [2.05, 4.69) is 0 Å². The maximum absolute atomic E-state index is 11.8. The van der Waals surface area contributed by atoms with E-state index in [0.717, 1.165) is 10.6 Å². The van der Waals surface area contributed by atoms with Crippen molar-refractivity contribution < 1.29 is 17.9 Å². The second-order valence-electron chi connectivity index (χ2n) is 4.48. The Balaban J connectivity index is 3.03. The van der Waals surface area contributed by atoms with Crippen LogP contribution in [0.4, 0.5) is 5.69 Å². The SMILES string of the molecule is CCOc1ccc(N(CC(=O)N(C)C)S(C)(=O)=O)cc1. The molecule has 0 N–H and O–H groups in total. The Labute approximate surface area is 120 Å². The predicted molar refractivity (Wildman–Crippen MR) is 78.5 cm³/mol. The summed E-state index contributed by atoms with van der Waals surface area (Å²) in [6, 6.07) is 6.60. The van der Waals surface area contributed by atoms with Gasteiger partial charge >= 0.3 is 0 Å². The third kappa shape index (κ3) is 4.41. The number of sulfonamides is 1. The highest BCUT2D eigenvalue weighted by atomic mass is 32.2. The molecule has 0 heterocycles. The van der Waals surface area contributed by atoms with Crippen LogP contribution >= 0.6 is 0 Å².